The van der Waals surface area contributed by atoms with Gasteiger partial charge in [0.05, 0.1) is 10.5 Å². The average Bonchev–Trinajstić information content (AvgIpc) is 2.12. The first-order valence-corrected chi connectivity index (χ1v) is 4.03. The molecular weight excluding hydrogens is 193 g/mol. The summed E-state index contributed by atoms with van der Waals surface area (Å²) in [7, 11) is 0. The van der Waals surface area contributed by atoms with Crippen LogP contribution in [-0.4, -0.2) is 4.98 Å². The molecule has 2 nitrogen and oxygen atoms in total. The SMILES string of the molecule is O=c1ccc2c(F)ccc(Cl)c2[nH]1. The number of H-pyrrole nitrogens is 1. The quantitative estimate of drug-likeness (QED) is 0.691. The first-order chi connectivity index (χ1) is 6.18. The van der Waals surface area contributed by atoms with E-state index in [4.69, 9.17) is 11.6 Å². The second-order valence-corrected chi connectivity index (χ2v) is 3.05. The van der Waals surface area contributed by atoms with Crippen molar-refractivity contribution in [1.82, 2.24) is 4.98 Å². The van der Waals surface area contributed by atoms with E-state index in [-0.39, 0.29) is 5.56 Å². The Labute approximate surface area is 78.0 Å². The van der Waals surface area contributed by atoms with Gasteiger partial charge >= 0.3 is 0 Å². The minimum absolute atomic E-state index is 0.292. The number of benzene rings is 1. The summed E-state index contributed by atoms with van der Waals surface area (Å²) in [5.74, 6) is -0.393. The van der Waals surface area contributed by atoms with E-state index in [1.807, 2.05) is 0 Å². The van der Waals surface area contributed by atoms with Crippen molar-refractivity contribution >= 4 is 22.5 Å². The molecule has 0 unspecified atom stereocenters. The van der Waals surface area contributed by atoms with Gasteiger partial charge in [0, 0.05) is 11.5 Å². The average molecular weight is 198 g/mol. The standard InChI is InChI=1S/C9H5ClFNO/c10-6-2-3-7(11)5-1-4-8(13)12-9(5)6/h1-4H,(H,12,13). The molecule has 1 aromatic heterocycles. The third kappa shape index (κ3) is 1.31. The Kier molecular flexibility index (Phi) is 1.81. The first-order valence-electron chi connectivity index (χ1n) is 3.65. The number of pyridine rings is 1. The van der Waals surface area contributed by atoms with Crippen molar-refractivity contribution < 1.29 is 4.39 Å². The van der Waals surface area contributed by atoms with Crippen LogP contribution in [0.3, 0.4) is 0 Å². The van der Waals surface area contributed by atoms with Gasteiger partial charge in [0.25, 0.3) is 0 Å². The smallest absolute Gasteiger partial charge is 0.248 e. The van der Waals surface area contributed by atoms with E-state index < -0.39 is 5.82 Å². The summed E-state index contributed by atoms with van der Waals surface area (Å²) in [6, 6.07) is 5.36. The Morgan fingerprint density at radius 1 is 1.23 bits per heavy atom. The van der Waals surface area contributed by atoms with E-state index in [9.17, 15) is 9.18 Å². The van der Waals surface area contributed by atoms with Gasteiger partial charge in [0.2, 0.25) is 5.56 Å². The van der Waals surface area contributed by atoms with Crippen LogP contribution in [0, 0.1) is 5.82 Å². The van der Waals surface area contributed by atoms with Crippen molar-refractivity contribution in [3.05, 3.63) is 45.5 Å². The topological polar surface area (TPSA) is 32.9 Å². The molecule has 1 aromatic carbocycles. The number of aromatic amines is 1. The molecule has 0 fully saturated rings. The predicted octanol–water partition coefficient (Wildman–Crippen LogP) is 2.32. The Balaban J connectivity index is 3.00. The number of halogens is 2. The van der Waals surface area contributed by atoms with Crippen LogP contribution in [0.4, 0.5) is 4.39 Å². The third-order valence-corrected chi connectivity index (χ3v) is 2.11. The van der Waals surface area contributed by atoms with Crippen molar-refractivity contribution in [2.24, 2.45) is 0 Å². The lowest BCUT2D eigenvalue weighted by Crippen LogP contribution is -2.03. The minimum Gasteiger partial charge on any atom is -0.321 e. The van der Waals surface area contributed by atoms with Crippen LogP contribution in [0.2, 0.25) is 5.02 Å². The molecule has 66 valence electrons. The highest BCUT2D eigenvalue weighted by atomic mass is 35.5. The van der Waals surface area contributed by atoms with Gasteiger partial charge in [0.1, 0.15) is 5.82 Å². The maximum absolute atomic E-state index is 13.1. The number of rotatable bonds is 0. The summed E-state index contributed by atoms with van der Waals surface area (Å²) in [5, 5.41) is 0.668. The molecule has 4 heteroatoms. The first kappa shape index (κ1) is 8.26. The van der Waals surface area contributed by atoms with Crippen LogP contribution < -0.4 is 5.56 Å². The highest BCUT2D eigenvalue weighted by molar-refractivity contribution is 6.35. The number of hydrogen-bond acceptors (Lipinski definition) is 1. The van der Waals surface area contributed by atoms with Gasteiger partial charge in [0.15, 0.2) is 0 Å². The monoisotopic (exact) mass is 197 g/mol. The fourth-order valence-electron chi connectivity index (χ4n) is 1.18. The molecule has 0 bridgehead atoms. The molecule has 2 aromatic rings. The van der Waals surface area contributed by atoms with Crippen LogP contribution in [0.1, 0.15) is 0 Å². The van der Waals surface area contributed by atoms with E-state index >= 15 is 0 Å². The largest absolute Gasteiger partial charge is 0.321 e. The Bertz CT molecular complexity index is 520. The van der Waals surface area contributed by atoms with Crippen LogP contribution in [0.25, 0.3) is 10.9 Å². The number of fused-ring (bicyclic) bond motifs is 1. The molecule has 1 heterocycles. The zero-order valence-electron chi connectivity index (χ0n) is 6.47. The summed E-state index contributed by atoms with van der Waals surface area (Å²) < 4.78 is 13.1. The van der Waals surface area contributed by atoms with Gasteiger partial charge in [-0.05, 0) is 18.2 Å². The summed E-state index contributed by atoms with van der Waals surface area (Å²) in [5.41, 5.74) is 0.0502. The fourth-order valence-corrected chi connectivity index (χ4v) is 1.39. The second kappa shape index (κ2) is 2.85. The molecule has 0 saturated heterocycles. The van der Waals surface area contributed by atoms with Gasteiger partial charge in [-0.2, -0.15) is 0 Å². The van der Waals surface area contributed by atoms with E-state index in [0.717, 1.165) is 0 Å². The van der Waals surface area contributed by atoms with E-state index in [1.54, 1.807) is 0 Å². The lowest BCUT2D eigenvalue weighted by Gasteiger charge is -1.99. The molecule has 0 saturated carbocycles. The van der Waals surface area contributed by atoms with Crippen LogP contribution >= 0.6 is 11.6 Å². The van der Waals surface area contributed by atoms with Crippen molar-refractivity contribution in [3.63, 3.8) is 0 Å². The fraction of sp³-hybridized carbons (Fsp3) is 0. The molecule has 0 spiro atoms. The maximum atomic E-state index is 13.1. The number of aromatic nitrogens is 1. The summed E-state index contributed by atoms with van der Waals surface area (Å²) >= 11 is 5.76. The molecule has 2 rings (SSSR count). The molecule has 13 heavy (non-hydrogen) atoms. The molecule has 1 N–H and O–H groups in total. The van der Waals surface area contributed by atoms with Crippen molar-refractivity contribution in [1.29, 1.82) is 0 Å². The molecule has 0 atom stereocenters. The highest BCUT2D eigenvalue weighted by Gasteiger charge is 2.04. The molecule has 0 aliphatic carbocycles. The lowest BCUT2D eigenvalue weighted by molar-refractivity contribution is 0.639. The van der Waals surface area contributed by atoms with E-state index in [2.05, 4.69) is 4.98 Å². The van der Waals surface area contributed by atoms with E-state index in [0.29, 0.717) is 15.9 Å². The Morgan fingerprint density at radius 3 is 2.77 bits per heavy atom. The minimum atomic E-state index is -0.393. The predicted molar refractivity (Wildman–Crippen MR) is 49.5 cm³/mol. The molecular formula is C9H5ClFNO. The van der Waals surface area contributed by atoms with Crippen molar-refractivity contribution in [3.8, 4) is 0 Å². The van der Waals surface area contributed by atoms with Crippen LogP contribution in [0.15, 0.2) is 29.1 Å². The van der Waals surface area contributed by atoms with Gasteiger partial charge in [-0.1, -0.05) is 11.6 Å². The summed E-state index contributed by atoms with van der Waals surface area (Å²) in [6.45, 7) is 0. The van der Waals surface area contributed by atoms with Gasteiger partial charge in [-0.3, -0.25) is 4.79 Å². The maximum Gasteiger partial charge on any atom is 0.248 e. The zero-order valence-corrected chi connectivity index (χ0v) is 7.23. The summed E-state index contributed by atoms with van der Waals surface area (Å²) in [6.07, 6.45) is 0. The zero-order chi connectivity index (χ0) is 9.42. The van der Waals surface area contributed by atoms with Gasteiger partial charge in [-0.15, -0.1) is 0 Å². The highest BCUT2D eigenvalue weighted by Crippen LogP contribution is 2.22. The molecule has 0 aliphatic heterocycles. The third-order valence-electron chi connectivity index (χ3n) is 1.79. The van der Waals surface area contributed by atoms with Gasteiger partial charge < -0.3 is 4.98 Å². The Hall–Kier alpha value is -1.35. The summed E-state index contributed by atoms with van der Waals surface area (Å²) in [4.78, 5) is 13.4. The normalized spacial score (nSPS) is 10.6. The molecule has 0 radical (unpaired) electrons. The van der Waals surface area contributed by atoms with Crippen molar-refractivity contribution in [2.45, 2.75) is 0 Å². The molecule has 0 aliphatic rings. The van der Waals surface area contributed by atoms with Crippen LogP contribution in [-0.2, 0) is 0 Å². The number of nitrogens with one attached hydrogen (secondary N) is 1. The lowest BCUT2D eigenvalue weighted by atomic mass is 10.2. The van der Waals surface area contributed by atoms with Gasteiger partial charge in [-0.25, -0.2) is 4.39 Å². The Morgan fingerprint density at radius 2 is 2.00 bits per heavy atom. The van der Waals surface area contributed by atoms with Crippen molar-refractivity contribution in [2.75, 3.05) is 0 Å². The molecule has 0 amide bonds. The van der Waals surface area contributed by atoms with Crippen LogP contribution in [0.5, 0.6) is 0 Å². The second-order valence-electron chi connectivity index (χ2n) is 2.64. The van der Waals surface area contributed by atoms with E-state index in [1.165, 1.54) is 24.3 Å². The number of hydrogen-bond donors (Lipinski definition) is 1.